The third-order valence-corrected chi connectivity index (χ3v) is 2.85. The Balaban J connectivity index is 2.33. The van der Waals surface area contributed by atoms with E-state index < -0.39 is 0 Å². The minimum atomic E-state index is 0.870. The molecule has 14 heavy (non-hydrogen) atoms. The lowest BCUT2D eigenvalue weighted by molar-refractivity contribution is -0.724. The SMILES string of the molecule is COc1ccc(-c2n[n+](C)cs2)cc1. The lowest BCUT2D eigenvalue weighted by Gasteiger charge is -1.98. The van der Waals surface area contributed by atoms with Crippen LogP contribution in [0.15, 0.2) is 29.8 Å². The molecule has 2 aromatic rings. The van der Waals surface area contributed by atoms with Crippen LogP contribution >= 0.6 is 11.3 Å². The summed E-state index contributed by atoms with van der Waals surface area (Å²) < 4.78 is 6.90. The Labute approximate surface area is 86.6 Å². The molecule has 0 fully saturated rings. The number of benzene rings is 1. The highest BCUT2D eigenvalue weighted by atomic mass is 32.1. The first kappa shape index (κ1) is 9.15. The van der Waals surface area contributed by atoms with Crippen molar-refractivity contribution >= 4 is 11.3 Å². The number of hydrogen-bond donors (Lipinski definition) is 0. The van der Waals surface area contributed by atoms with Gasteiger partial charge in [-0.25, -0.2) is 0 Å². The summed E-state index contributed by atoms with van der Waals surface area (Å²) in [5, 5.41) is 5.35. The molecule has 0 spiro atoms. The fraction of sp³-hybridized carbons (Fsp3) is 0.200. The van der Waals surface area contributed by atoms with Crippen molar-refractivity contribution in [3.05, 3.63) is 29.8 Å². The average Bonchev–Trinajstić information content (AvgIpc) is 2.65. The number of aryl methyl sites for hydroxylation is 1. The Morgan fingerprint density at radius 2 is 2.00 bits per heavy atom. The number of nitrogens with zero attached hydrogens (tertiary/aromatic N) is 2. The second kappa shape index (κ2) is 3.75. The van der Waals surface area contributed by atoms with Gasteiger partial charge in [0, 0.05) is 10.7 Å². The van der Waals surface area contributed by atoms with Gasteiger partial charge in [0.05, 0.1) is 7.11 Å². The molecule has 0 unspecified atom stereocenters. The van der Waals surface area contributed by atoms with Gasteiger partial charge in [-0.15, -0.1) is 0 Å². The molecule has 72 valence electrons. The zero-order chi connectivity index (χ0) is 9.97. The van der Waals surface area contributed by atoms with Crippen molar-refractivity contribution < 1.29 is 9.42 Å². The average molecular weight is 207 g/mol. The molecule has 0 N–H and O–H groups in total. The van der Waals surface area contributed by atoms with Crippen LogP contribution < -0.4 is 9.42 Å². The van der Waals surface area contributed by atoms with Gasteiger partial charge >= 0.3 is 0 Å². The standard InChI is InChI=1S/C10H11N2OS/c1-12-7-14-10(11-12)8-3-5-9(13-2)6-4-8/h3-7H,1-2H3/q+1. The summed E-state index contributed by atoms with van der Waals surface area (Å²) in [7, 11) is 3.59. The van der Waals surface area contributed by atoms with Crippen LogP contribution in [0.1, 0.15) is 0 Å². The first-order valence-corrected chi connectivity index (χ1v) is 5.13. The first-order valence-electron chi connectivity index (χ1n) is 4.25. The van der Waals surface area contributed by atoms with Gasteiger partial charge in [-0.2, -0.15) is 0 Å². The van der Waals surface area contributed by atoms with E-state index >= 15 is 0 Å². The number of hydrogen-bond acceptors (Lipinski definition) is 3. The number of methoxy groups -OCH3 is 1. The summed E-state index contributed by atoms with van der Waals surface area (Å²) in [4.78, 5) is 0. The van der Waals surface area contributed by atoms with Crippen molar-refractivity contribution in [1.82, 2.24) is 5.10 Å². The highest BCUT2D eigenvalue weighted by molar-refractivity contribution is 7.12. The second-order valence-electron chi connectivity index (χ2n) is 2.93. The van der Waals surface area contributed by atoms with E-state index in [0.29, 0.717) is 0 Å². The summed E-state index contributed by atoms with van der Waals surface area (Å²) in [6.07, 6.45) is 0. The van der Waals surface area contributed by atoms with Gasteiger partial charge in [0.25, 0.3) is 5.51 Å². The van der Waals surface area contributed by atoms with Crippen LogP contribution in [0.4, 0.5) is 0 Å². The largest absolute Gasteiger partial charge is 0.497 e. The van der Waals surface area contributed by atoms with Crippen molar-refractivity contribution in [3.63, 3.8) is 0 Å². The zero-order valence-electron chi connectivity index (χ0n) is 8.10. The fourth-order valence-electron chi connectivity index (χ4n) is 1.18. The molecule has 4 heteroatoms. The Morgan fingerprint density at radius 1 is 1.29 bits per heavy atom. The molecule has 0 radical (unpaired) electrons. The van der Waals surface area contributed by atoms with Crippen molar-refractivity contribution in [3.8, 4) is 16.3 Å². The summed E-state index contributed by atoms with van der Waals surface area (Å²) in [6.45, 7) is 0. The summed E-state index contributed by atoms with van der Waals surface area (Å²) in [6, 6.07) is 7.91. The third-order valence-electron chi connectivity index (χ3n) is 1.90. The summed E-state index contributed by atoms with van der Waals surface area (Å²) in [5.74, 6) is 0.870. The number of aromatic nitrogens is 2. The van der Waals surface area contributed by atoms with Crippen LogP contribution in [-0.4, -0.2) is 12.2 Å². The molecule has 0 aliphatic rings. The van der Waals surface area contributed by atoms with E-state index in [2.05, 4.69) is 5.10 Å². The molecule has 0 atom stereocenters. The van der Waals surface area contributed by atoms with Gasteiger partial charge in [-0.1, -0.05) is 4.68 Å². The molecule has 0 saturated heterocycles. The summed E-state index contributed by atoms with van der Waals surface area (Å²) in [5.41, 5.74) is 3.09. The fourth-order valence-corrected chi connectivity index (χ4v) is 1.92. The van der Waals surface area contributed by atoms with Crippen molar-refractivity contribution in [2.24, 2.45) is 7.05 Å². The molecule has 0 aliphatic carbocycles. The molecule has 1 heterocycles. The van der Waals surface area contributed by atoms with E-state index in [1.54, 1.807) is 18.4 Å². The third kappa shape index (κ3) is 1.75. The van der Waals surface area contributed by atoms with Gasteiger partial charge < -0.3 is 4.74 Å². The Morgan fingerprint density at radius 3 is 2.50 bits per heavy atom. The predicted molar refractivity (Wildman–Crippen MR) is 55.3 cm³/mol. The van der Waals surface area contributed by atoms with Crippen LogP contribution in [0.25, 0.3) is 10.6 Å². The maximum Gasteiger partial charge on any atom is 0.253 e. The Bertz CT molecular complexity index is 422. The lowest BCUT2D eigenvalue weighted by Crippen LogP contribution is -2.28. The maximum atomic E-state index is 5.09. The predicted octanol–water partition coefficient (Wildman–Crippen LogP) is 1.64. The summed E-state index contributed by atoms with van der Waals surface area (Å²) >= 11 is 1.63. The van der Waals surface area contributed by atoms with Gasteiger partial charge in [0.2, 0.25) is 0 Å². The van der Waals surface area contributed by atoms with Gasteiger partial charge in [0.15, 0.2) is 12.1 Å². The van der Waals surface area contributed by atoms with E-state index in [9.17, 15) is 0 Å². The Kier molecular flexibility index (Phi) is 2.45. The molecule has 0 saturated carbocycles. The number of rotatable bonds is 2. The normalized spacial score (nSPS) is 10.1. The van der Waals surface area contributed by atoms with Crippen LogP contribution in [0.5, 0.6) is 5.75 Å². The highest BCUT2D eigenvalue weighted by Gasteiger charge is 2.07. The minimum Gasteiger partial charge on any atom is -0.497 e. The van der Waals surface area contributed by atoms with Gasteiger partial charge in [-0.3, -0.25) is 0 Å². The van der Waals surface area contributed by atoms with Crippen LogP contribution in [0.2, 0.25) is 0 Å². The van der Waals surface area contributed by atoms with E-state index in [1.807, 2.05) is 41.5 Å². The first-order chi connectivity index (χ1) is 6.79. The molecule has 0 aliphatic heterocycles. The van der Waals surface area contributed by atoms with E-state index in [1.165, 1.54) is 0 Å². The molecular weight excluding hydrogens is 196 g/mol. The molecule has 1 aromatic heterocycles. The molecular formula is C10H11N2OS+. The smallest absolute Gasteiger partial charge is 0.253 e. The minimum absolute atomic E-state index is 0.870. The van der Waals surface area contributed by atoms with Gasteiger partial charge in [-0.05, 0) is 35.6 Å². The van der Waals surface area contributed by atoms with Crippen LogP contribution in [0.3, 0.4) is 0 Å². The van der Waals surface area contributed by atoms with Crippen molar-refractivity contribution in [2.45, 2.75) is 0 Å². The van der Waals surface area contributed by atoms with E-state index in [4.69, 9.17) is 4.74 Å². The maximum absolute atomic E-state index is 5.09. The van der Waals surface area contributed by atoms with Crippen LogP contribution in [0, 0.1) is 0 Å². The molecule has 0 amide bonds. The topological polar surface area (TPSA) is 26.0 Å². The van der Waals surface area contributed by atoms with Crippen molar-refractivity contribution in [1.29, 1.82) is 0 Å². The highest BCUT2D eigenvalue weighted by Crippen LogP contribution is 2.22. The van der Waals surface area contributed by atoms with E-state index in [0.717, 1.165) is 16.3 Å². The molecule has 3 nitrogen and oxygen atoms in total. The monoisotopic (exact) mass is 207 g/mol. The van der Waals surface area contributed by atoms with Crippen LogP contribution in [-0.2, 0) is 7.05 Å². The molecule has 0 bridgehead atoms. The second-order valence-corrected chi connectivity index (χ2v) is 3.76. The van der Waals surface area contributed by atoms with Gasteiger partial charge in [0.1, 0.15) is 5.75 Å². The zero-order valence-corrected chi connectivity index (χ0v) is 8.91. The molecule has 2 rings (SSSR count). The Hall–Kier alpha value is -1.42. The quantitative estimate of drug-likeness (QED) is 0.700. The lowest BCUT2D eigenvalue weighted by atomic mass is 10.2. The number of ether oxygens (including phenoxy) is 1. The molecule has 1 aromatic carbocycles. The van der Waals surface area contributed by atoms with E-state index in [-0.39, 0.29) is 0 Å². The van der Waals surface area contributed by atoms with Crippen molar-refractivity contribution in [2.75, 3.05) is 7.11 Å².